The van der Waals surface area contributed by atoms with Gasteiger partial charge in [0.2, 0.25) is 0 Å². The third kappa shape index (κ3) is 4.73. The Kier molecular flexibility index (Phi) is 6.67. The molecule has 0 unspecified atom stereocenters. The molecule has 1 aromatic rings. The highest BCUT2D eigenvalue weighted by molar-refractivity contribution is 6.47. The van der Waals surface area contributed by atoms with E-state index in [0.717, 1.165) is 12.8 Å². The van der Waals surface area contributed by atoms with Gasteiger partial charge >= 0.3 is 5.97 Å². The van der Waals surface area contributed by atoms with E-state index in [0.29, 0.717) is 17.2 Å². The lowest BCUT2D eigenvalue weighted by Gasteiger charge is -2.08. The molecule has 103 valence electrons. The van der Waals surface area contributed by atoms with Gasteiger partial charge in [0.25, 0.3) is 0 Å². The van der Waals surface area contributed by atoms with Crippen LogP contribution < -0.4 is 0 Å². The average molecular weight is 303 g/mol. The lowest BCUT2D eigenvalue weighted by atomic mass is 10.1. The molecule has 1 aromatic carbocycles. The number of hydrogen-bond donors (Lipinski definition) is 0. The molecule has 19 heavy (non-hydrogen) atoms. The Morgan fingerprint density at radius 3 is 2.79 bits per heavy atom. The van der Waals surface area contributed by atoms with Crippen LogP contribution in [0.2, 0.25) is 10.0 Å². The standard InChI is InChI=1S/C13H14Cl2NO3/c1-3-4-7-19-13(17)12(16-18-2)10-6-5-9(14)8-11(10)15/h6,8H,3-4,7H2,1-2H3. The van der Waals surface area contributed by atoms with Crippen molar-refractivity contribution in [3.8, 4) is 0 Å². The van der Waals surface area contributed by atoms with E-state index >= 15 is 0 Å². The predicted octanol–water partition coefficient (Wildman–Crippen LogP) is 3.49. The number of carbonyl (C=O) groups excluding carboxylic acids is 1. The molecule has 1 rings (SSSR count). The van der Waals surface area contributed by atoms with Crippen LogP contribution in [-0.2, 0) is 14.4 Å². The number of oxime groups is 1. The van der Waals surface area contributed by atoms with Crippen LogP contribution in [0.25, 0.3) is 0 Å². The van der Waals surface area contributed by atoms with Crippen molar-refractivity contribution in [1.29, 1.82) is 0 Å². The quantitative estimate of drug-likeness (QED) is 0.350. The van der Waals surface area contributed by atoms with E-state index in [1.165, 1.54) is 19.2 Å². The topological polar surface area (TPSA) is 47.9 Å². The van der Waals surface area contributed by atoms with Gasteiger partial charge in [0.05, 0.1) is 11.6 Å². The molecular weight excluding hydrogens is 289 g/mol. The molecule has 4 nitrogen and oxygen atoms in total. The van der Waals surface area contributed by atoms with Crippen molar-refractivity contribution >= 4 is 34.9 Å². The minimum atomic E-state index is -0.590. The van der Waals surface area contributed by atoms with Gasteiger partial charge in [-0.25, -0.2) is 4.79 Å². The number of halogens is 2. The van der Waals surface area contributed by atoms with Crippen molar-refractivity contribution in [2.24, 2.45) is 5.16 Å². The molecule has 0 heterocycles. The Balaban J connectivity index is 2.94. The minimum absolute atomic E-state index is 0.00322. The van der Waals surface area contributed by atoms with E-state index in [1.54, 1.807) is 0 Å². The molecule has 0 amide bonds. The van der Waals surface area contributed by atoms with E-state index in [4.69, 9.17) is 27.9 Å². The first-order chi connectivity index (χ1) is 9.10. The van der Waals surface area contributed by atoms with E-state index < -0.39 is 5.97 Å². The van der Waals surface area contributed by atoms with Crippen molar-refractivity contribution < 1.29 is 14.4 Å². The van der Waals surface area contributed by atoms with E-state index in [-0.39, 0.29) is 10.7 Å². The first-order valence-electron chi connectivity index (χ1n) is 5.75. The molecule has 0 aliphatic heterocycles. The normalized spacial score (nSPS) is 11.3. The SMILES string of the molecule is CCCCOC(=O)C(=NOC)c1c[c]c(Cl)cc1Cl. The van der Waals surface area contributed by atoms with Crippen LogP contribution in [0.15, 0.2) is 17.3 Å². The van der Waals surface area contributed by atoms with Crippen LogP contribution in [0.4, 0.5) is 0 Å². The molecule has 0 spiro atoms. The van der Waals surface area contributed by atoms with E-state index in [1.807, 2.05) is 6.92 Å². The summed E-state index contributed by atoms with van der Waals surface area (Å²) in [5, 5.41) is 4.29. The molecule has 6 heteroatoms. The highest BCUT2D eigenvalue weighted by atomic mass is 35.5. The highest BCUT2D eigenvalue weighted by Crippen LogP contribution is 2.21. The van der Waals surface area contributed by atoms with Crippen LogP contribution >= 0.6 is 23.2 Å². The molecule has 0 bridgehead atoms. The summed E-state index contributed by atoms with van der Waals surface area (Å²) >= 11 is 11.8. The second-order valence-corrected chi connectivity index (χ2v) is 4.47. The van der Waals surface area contributed by atoms with Crippen LogP contribution in [0, 0.1) is 6.07 Å². The van der Waals surface area contributed by atoms with Gasteiger partial charge in [-0.15, -0.1) is 0 Å². The molecule has 0 fully saturated rings. The van der Waals surface area contributed by atoms with Crippen LogP contribution in [0.5, 0.6) is 0 Å². The maximum atomic E-state index is 11.9. The second kappa shape index (κ2) is 8.02. The number of rotatable bonds is 6. The zero-order valence-corrected chi connectivity index (χ0v) is 12.2. The summed E-state index contributed by atoms with van der Waals surface area (Å²) in [7, 11) is 1.34. The monoisotopic (exact) mass is 302 g/mol. The van der Waals surface area contributed by atoms with E-state index in [2.05, 4.69) is 16.1 Å². The van der Waals surface area contributed by atoms with Gasteiger partial charge < -0.3 is 9.57 Å². The Bertz CT molecular complexity index is 475. The fraction of sp³-hybridized carbons (Fsp3) is 0.385. The summed E-state index contributed by atoms with van der Waals surface area (Å²) in [6.45, 7) is 2.33. The summed E-state index contributed by atoms with van der Waals surface area (Å²) in [5.74, 6) is -0.590. The molecule has 0 aliphatic rings. The zero-order chi connectivity index (χ0) is 14.3. The van der Waals surface area contributed by atoms with Crippen molar-refractivity contribution in [3.05, 3.63) is 33.8 Å². The van der Waals surface area contributed by atoms with Gasteiger partial charge in [0.15, 0.2) is 5.71 Å². The lowest BCUT2D eigenvalue weighted by Crippen LogP contribution is -2.20. The molecule has 0 aromatic heterocycles. The van der Waals surface area contributed by atoms with E-state index in [9.17, 15) is 4.79 Å². The van der Waals surface area contributed by atoms with Gasteiger partial charge in [0.1, 0.15) is 7.11 Å². The number of hydrogen-bond acceptors (Lipinski definition) is 4. The van der Waals surface area contributed by atoms with Gasteiger partial charge in [-0.1, -0.05) is 41.7 Å². The fourth-order valence-electron chi connectivity index (χ4n) is 1.29. The van der Waals surface area contributed by atoms with Crippen LogP contribution in [-0.4, -0.2) is 25.4 Å². The molecule has 0 atom stereocenters. The number of ether oxygens (including phenoxy) is 1. The minimum Gasteiger partial charge on any atom is -0.461 e. The molecule has 0 aliphatic carbocycles. The van der Waals surface area contributed by atoms with Crippen molar-refractivity contribution in [2.75, 3.05) is 13.7 Å². The summed E-state index contributed by atoms with van der Waals surface area (Å²) in [6, 6.07) is 5.69. The lowest BCUT2D eigenvalue weighted by molar-refractivity contribution is -0.135. The van der Waals surface area contributed by atoms with Crippen LogP contribution in [0.3, 0.4) is 0 Å². The highest BCUT2D eigenvalue weighted by Gasteiger charge is 2.19. The van der Waals surface area contributed by atoms with Gasteiger partial charge in [-0.2, -0.15) is 0 Å². The summed E-state index contributed by atoms with van der Waals surface area (Å²) < 4.78 is 5.08. The largest absolute Gasteiger partial charge is 0.461 e. The Morgan fingerprint density at radius 2 is 2.21 bits per heavy atom. The molecule has 1 radical (unpaired) electrons. The summed E-state index contributed by atoms with van der Waals surface area (Å²) in [5.41, 5.74) is 0.367. The van der Waals surface area contributed by atoms with Crippen molar-refractivity contribution in [1.82, 2.24) is 0 Å². The molecule has 0 saturated carbocycles. The number of esters is 1. The molecule has 0 N–H and O–H groups in total. The molecule has 0 saturated heterocycles. The van der Waals surface area contributed by atoms with Gasteiger partial charge in [-0.05, 0) is 18.6 Å². The van der Waals surface area contributed by atoms with Crippen LogP contribution in [0.1, 0.15) is 25.3 Å². The molecular formula is C13H14Cl2NO3. The average Bonchev–Trinajstić information content (AvgIpc) is 2.37. The second-order valence-electron chi connectivity index (χ2n) is 3.65. The fourth-order valence-corrected chi connectivity index (χ4v) is 1.76. The van der Waals surface area contributed by atoms with Gasteiger partial charge in [0, 0.05) is 16.7 Å². The maximum Gasteiger partial charge on any atom is 0.361 e. The van der Waals surface area contributed by atoms with Gasteiger partial charge in [-0.3, -0.25) is 0 Å². The summed E-state index contributed by atoms with van der Waals surface area (Å²) in [4.78, 5) is 16.6. The zero-order valence-electron chi connectivity index (χ0n) is 10.7. The third-order valence-corrected chi connectivity index (χ3v) is 2.76. The first-order valence-corrected chi connectivity index (χ1v) is 6.51. The van der Waals surface area contributed by atoms with Crippen molar-refractivity contribution in [3.63, 3.8) is 0 Å². The number of benzene rings is 1. The van der Waals surface area contributed by atoms with Crippen molar-refractivity contribution in [2.45, 2.75) is 19.8 Å². The Labute approximate surface area is 122 Å². The smallest absolute Gasteiger partial charge is 0.361 e. The summed E-state index contributed by atoms with van der Waals surface area (Å²) in [6.07, 6.45) is 1.71. The predicted molar refractivity (Wildman–Crippen MR) is 74.7 cm³/mol. The Morgan fingerprint density at radius 1 is 1.47 bits per heavy atom. The first kappa shape index (κ1) is 15.8. The number of nitrogens with zero attached hydrogens (tertiary/aromatic N) is 1. The number of carbonyl (C=O) groups is 1. The number of unbranched alkanes of at least 4 members (excludes halogenated alkanes) is 1. The Hall–Kier alpha value is -1.26. The third-order valence-electron chi connectivity index (χ3n) is 2.23. The maximum absolute atomic E-state index is 11.9.